The van der Waals surface area contributed by atoms with Crippen molar-refractivity contribution >= 4 is 27.5 Å². The van der Waals surface area contributed by atoms with Gasteiger partial charge in [-0.3, -0.25) is 4.79 Å². The molecule has 0 unspecified atom stereocenters. The number of methoxy groups -OCH3 is 2. The Balaban J connectivity index is 2.09. The highest BCUT2D eigenvalue weighted by Crippen LogP contribution is 2.35. The molecule has 0 fully saturated rings. The van der Waals surface area contributed by atoms with Gasteiger partial charge in [-0.1, -0.05) is 18.3 Å². The second kappa shape index (κ2) is 9.13. The van der Waals surface area contributed by atoms with Crippen LogP contribution < -0.4 is 19.0 Å². The molecule has 0 aliphatic heterocycles. The minimum absolute atomic E-state index is 0.0813. The molecule has 2 aromatic carbocycles. The van der Waals surface area contributed by atoms with E-state index in [-0.39, 0.29) is 12.0 Å². The van der Waals surface area contributed by atoms with E-state index in [1.165, 1.54) is 11.3 Å². The molecule has 0 saturated carbocycles. The highest BCUT2D eigenvalue weighted by atomic mass is 32.1. The molecule has 0 bridgehead atoms. The number of fused-ring (bicyclic) bond motifs is 1. The predicted molar refractivity (Wildman–Crippen MR) is 115 cm³/mol. The first-order chi connectivity index (χ1) is 14.0. The van der Waals surface area contributed by atoms with Crippen LogP contribution in [0.3, 0.4) is 0 Å². The van der Waals surface area contributed by atoms with Crippen molar-refractivity contribution in [2.24, 2.45) is 4.99 Å². The lowest BCUT2D eigenvalue weighted by Crippen LogP contribution is -2.17. The Bertz CT molecular complexity index is 1060. The van der Waals surface area contributed by atoms with Crippen molar-refractivity contribution in [1.29, 1.82) is 0 Å². The van der Waals surface area contributed by atoms with Crippen molar-refractivity contribution in [3.8, 4) is 17.2 Å². The molecule has 0 aliphatic rings. The molecular formula is C22H26N2O4S. The van der Waals surface area contributed by atoms with E-state index in [9.17, 15) is 4.79 Å². The zero-order valence-corrected chi connectivity index (χ0v) is 18.2. The lowest BCUT2D eigenvalue weighted by atomic mass is 10.2. The van der Waals surface area contributed by atoms with Gasteiger partial charge in [0.2, 0.25) is 0 Å². The van der Waals surface area contributed by atoms with Crippen molar-refractivity contribution in [2.45, 2.75) is 39.8 Å². The maximum absolute atomic E-state index is 12.8. The Morgan fingerprint density at radius 3 is 2.31 bits per heavy atom. The summed E-state index contributed by atoms with van der Waals surface area (Å²) in [6.45, 7) is 6.73. The van der Waals surface area contributed by atoms with E-state index in [0.717, 1.165) is 40.4 Å². The predicted octanol–water partition coefficient (Wildman–Crippen LogP) is 4.66. The Labute approximate surface area is 174 Å². The average Bonchev–Trinajstić information content (AvgIpc) is 3.06. The molecule has 0 saturated heterocycles. The summed E-state index contributed by atoms with van der Waals surface area (Å²) < 4.78 is 19.6. The van der Waals surface area contributed by atoms with Crippen LogP contribution in [0, 0.1) is 0 Å². The topological polar surface area (TPSA) is 62.1 Å². The summed E-state index contributed by atoms with van der Waals surface area (Å²) in [4.78, 5) is 17.9. The van der Waals surface area contributed by atoms with Crippen LogP contribution in [0.25, 0.3) is 10.2 Å². The number of aryl methyl sites for hydroxylation is 1. The van der Waals surface area contributed by atoms with Crippen LogP contribution in [-0.2, 0) is 6.54 Å². The summed E-state index contributed by atoms with van der Waals surface area (Å²) in [5, 5.41) is 0. The van der Waals surface area contributed by atoms with Gasteiger partial charge in [0.05, 0.1) is 20.3 Å². The van der Waals surface area contributed by atoms with Crippen LogP contribution >= 0.6 is 11.3 Å². The number of carbonyl (C=O) groups is 1. The Kier molecular flexibility index (Phi) is 6.59. The van der Waals surface area contributed by atoms with Gasteiger partial charge in [-0.2, -0.15) is 4.99 Å². The monoisotopic (exact) mass is 414 g/mol. The molecule has 0 N–H and O–H groups in total. The number of benzene rings is 2. The standard InChI is InChI=1S/C22H26N2O4S/c1-6-13-24-19-17(26-4)11-12-18(27-5)20(19)29-22(24)23-21(25)15-7-9-16(10-8-15)28-14(2)3/h7-12,14H,6,13H2,1-5H3. The fourth-order valence-electron chi connectivity index (χ4n) is 3.07. The van der Waals surface area contributed by atoms with Crippen LogP contribution in [0.15, 0.2) is 41.4 Å². The van der Waals surface area contributed by atoms with E-state index in [2.05, 4.69) is 11.9 Å². The van der Waals surface area contributed by atoms with Gasteiger partial charge in [0, 0.05) is 12.1 Å². The zero-order valence-electron chi connectivity index (χ0n) is 17.4. The van der Waals surface area contributed by atoms with Crippen LogP contribution in [0.1, 0.15) is 37.6 Å². The Morgan fingerprint density at radius 2 is 1.72 bits per heavy atom. The van der Waals surface area contributed by atoms with Gasteiger partial charge in [-0.05, 0) is 56.7 Å². The van der Waals surface area contributed by atoms with E-state index in [1.807, 2.05) is 30.5 Å². The molecule has 0 radical (unpaired) electrons. The van der Waals surface area contributed by atoms with Gasteiger partial charge in [-0.25, -0.2) is 0 Å². The maximum atomic E-state index is 12.8. The minimum atomic E-state index is -0.296. The van der Waals surface area contributed by atoms with Crippen molar-refractivity contribution in [3.63, 3.8) is 0 Å². The molecular weight excluding hydrogens is 388 g/mol. The molecule has 1 aromatic heterocycles. The molecule has 154 valence electrons. The minimum Gasteiger partial charge on any atom is -0.495 e. The molecule has 1 heterocycles. The number of nitrogens with zero attached hydrogens (tertiary/aromatic N) is 2. The lowest BCUT2D eigenvalue weighted by Gasteiger charge is -2.09. The van der Waals surface area contributed by atoms with Crippen molar-refractivity contribution < 1.29 is 19.0 Å². The summed E-state index contributed by atoms with van der Waals surface area (Å²) in [6.07, 6.45) is 0.979. The molecule has 0 atom stereocenters. The zero-order chi connectivity index (χ0) is 21.0. The fraction of sp³-hybridized carbons (Fsp3) is 0.364. The summed E-state index contributed by atoms with van der Waals surface area (Å²) in [7, 11) is 3.27. The molecule has 29 heavy (non-hydrogen) atoms. The summed E-state index contributed by atoms with van der Waals surface area (Å²) in [5.41, 5.74) is 1.41. The smallest absolute Gasteiger partial charge is 0.279 e. The largest absolute Gasteiger partial charge is 0.495 e. The second-order valence-electron chi connectivity index (χ2n) is 6.79. The van der Waals surface area contributed by atoms with E-state index in [0.29, 0.717) is 10.4 Å². The maximum Gasteiger partial charge on any atom is 0.279 e. The molecule has 3 rings (SSSR count). The number of carbonyl (C=O) groups excluding carboxylic acids is 1. The van der Waals surface area contributed by atoms with Gasteiger partial charge in [0.15, 0.2) is 4.80 Å². The van der Waals surface area contributed by atoms with Crippen molar-refractivity contribution in [1.82, 2.24) is 4.57 Å². The number of aromatic nitrogens is 1. The molecule has 0 spiro atoms. The SMILES string of the molecule is CCCn1c(=NC(=O)c2ccc(OC(C)C)cc2)sc2c(OC)ccc(OC)c21. The quantitative estimate of drug-likeness (QED) is 0.564. The van der Waals surface area contributed by atoms with Crippen molar-refractivity contribution in [2.75, 3.05) is 14.2 Å². The number of hydrogen-bond acceptors (Lipinski definition) is 5. The first-order valence-corrected chi connectivity index (χ1v) is 10.4. The van der Waals surface area contributed by atoms with Crippen LogP contribution in [0.4, 0.5) is 0 Å². The number of ether oxygens (including phenoxy) is 3. The van der Waals surface area contributed by atoms with Crippen LogP contribution in [-0.4, -0.2) is 30.8 Å². The summed E-state index contributed by atoms with van der Waals surface area (Å²) in [5.74, 6) is 1.90. The molecule has 1 amide bonds. The third kappa shape index (κ3) is 4.45. The highest BCUT2D eigenvalue weighted by molar-refractivity contribution is 7.16. The third-order valence-electron chi connectivity index (χ3n) is 4.31. The number of rotatable bonds is 7. The van der Waals surface area contributed by atoms with Gasteiger partial charge in [0.1, 0.15) is 27.5 Å². The summed E-state index contributed by atoms with van der Waals surface area (Å²) >= 11 is 1.42. The Hall–Kier alpha value is -2.80. The van der Waals surface area contributed by atoms with E-state index >= 15 is 0 Å². The second-order valence-corrected chi connectivity index (χ2v) is 7.77. The van der Waals surface area contributed by atoms with Gasteiger partial charge in [-0.15, -0.1) is 0 Å². The van der Waals surface area contributed by atoms with Gasteiger partial charge < -0.3 is 18.8 Å². The fourth-order valence-corrected chi connectivity index (χ4v) is 4.23. The average molecular weight is 415 g/mol. The molecule has 7 heteroatoms. The van der Waals surface area contributed by atoms with E-state index in [4.69, 9.17) is 14.2 Å². The van der Waals surface area contributed by atoms with Crippen molar-refractivity contribution in [3.05, 3.63) is 46.8 Å². The Morgan fingerprint density at radius 1 is 1.07 bits per heavy atom. The van der Waals surface area contributed by atoms with Crippen LogP contribution in [0.5, 0.6) is 17.2 Å². The van der Waals surface area contributed by atoms with Crippen LogP contribution in [0.2, 0.25) is 0 Å². The first kappa shape index (κ1) is 20.9. The third-order valence-corrected chi connectivity index (χ3v) is 5.40. The van der Waals surface area contributed by atoms with E-state index < -0.39 is 0 Å². The van der Waals surface area contributed by atoms with Gasteiger partial charge in [0.25, 0.3) is 5.91 Å². The molecule has 3 aromatic rings. The number of hydrogen-bond donors (Lipinski definition) is 0. The van der Waals surface area contributed by atoms with E-state index in [1.54, 1.807) is 38.5 Å². The molecule has 0 aliphatic carbocycles. The highest BCUT2D eigenvalue weighted by Gasteiger charge is 2.16. The van der Waals surface area contributed by atoms with Gasteiger partial charge >= 0.3 is 0 Å². The summed E-state index contributed by atoms with van der Waals surface area (Å²) in [6, 6.07) is 10.8. The lowest BCUT2D eigenvalue weighted by molar-refractivity contribution is 0.0997. The first-order valence-electron chi connectivity index (χ1n) is 9.58. The molecule has 6 nitrogen and oxygen atoms in total. The normalized spacial score (nSPS) is 11.9. The number of thiazole rings is 1. The number of amides is 1.